The third kappa shape index (κ3) is 2.10. The molecule has 0 aliphatic carbocycles. The van der Waals surface area contributed by atoms with Crippen LogP contribution >= 0.6 is 12.6 Å². The van der Waals surface area contributed by atoms with Crippen molar-refractivity contribution >= 4 is 18.6 Å². The summed E-state index contributed by atoms with van der Waals surface area (Å²) in [5, 5.41) is 34.6. The highest BCUT2D eigenvalue weighted by Crippen LogP contribution is 2.24. The molecule has 0 saturated carbocycles. The second kappa shape index (κ2) is 4.66. The van der Waals surface area contributed by atoms with Gasteiger partial charge in [-0.2, -0.15) is 12.6 Å². The van der Waals surface area contributed by atoms with Crippen molar-refractivity contribution in [2.45, 2.75) is 4.75 Å². The number of rotatable bonds is 5. The van der Waals surface area contributed by atoms with E-state index in [1.54, 1.807) is 0 Å². The van der Waals surface area contributed by atoms with E-state index in [1.807, 2.05) is 0 Å². The first-order chi connectivity index (χ1) is 5.52. The molecule has 0 saturated heterocycles. The van der Waals surface area contributed by atoms with Crippen molar-refractivity contribution < 1.29 is 25.2 Å². The number of carboxylic acids is 1. The molecule has 0 heterocycles. The molecule has 0 bridgehead atoms. The van der Waals surface area contributed by atoms with Gasteiger partial charge in [-0.25, -0.2) is 0 Å². The lowest BCUT2D eigenvalue weighted by atomic mass is 9.93. The average Bonchev–Trinajstić information content (AvgIpc) is 2.05. The summed E-state index contributed by atoms with van der Waals surface area (Å²) in [5.74, 6) is -2.33. The van der Waals surface area contributed by atoms with E-state index in [0.717, 1.165) is 0 Å². The van der Waals surface area contributed by atoms with Gasteiger partial charge in [0.15, 0.2) is 0 Å². The molecule has 0 radical (unpaired) electrons. The fourth-order valence-electron chi connectivity index (χ4n) is 0.731. The first kappa shape index (κ1) is 11.7. The zero-order chi connectivity index (χ0) is 9.78. The highest BCUT2D eigenvalue weighted by molar-refractivity contribution is 7.82. The third-order valence-corrected chi connectivity index (χ3v) is 2.43. The van der Waals surface area contributed by atoms with Gasteiger partial charge in [-0.1, -0.05) is 0 Å². The molecule has 72 valence electrons. The Bertz CT molecular complexity index is 158. The van der Waals surface area contributed by atoms with Crippen LogP contribution < -0.4 is 0 Å². The van der Waals surface area contributed by atoms with E-state index in [4.69, 9.17) is 20.4 Å². The molecule has 1 unspecified atom stereocenters. The Kier molecular flexibility index (Phi) is 4.54. The maximum atomic E-state index is 10.6. The second-order valence-electron chi connectivity index (χ2n) is 2.45. The van der Waals surface area contributed by atoms with Crippen LogP contribution in [0.3, 0.4) is 0 Å². The number of carboxylic acid groups (broad SMARTS) is 1. The normalized spacial score (nSPS) is 16.1. The molecular formula is C6H12O5S. The Morgan fingerprint density at radius 1 is 1.33 bits per heavy atom. The van der Waals surface area contributed by atoms with E-state index >= 15 is 0 Å². The van der Waals surface area contributed by atoms with Crippen LogP contribution in [-0.4, -0.2) is 51.0 Å². The maximum Gasteiger partial charge on any atom is 0.322 e. The van der Waals surface area contributed by atoms with Gasteiger partial charge in [-0.15, -0.1) is 0 Å². The lowest BCUT2D eigenvalue weighted by Crippen LogP contribution is -2.47. The van der Waals surface area contributed by atoms with Crippen LogP contribution in [0.5, 0.6) is 0 Å². The summed E-state index contributed by atoms with van der Waals surface area (Å²) >= 11 is 3.70. The van der Waals surface area contributed by atoms with Crippen LogP contribution in [0, 0.1) is 5.92 Å². The Labute approximate surface area is 75.1 Å². The van der Waals surface area contributed by atoms with Crippen LogP contribution in [0.1, 0.15) is 0 Å². The number of hydrogen-bond donors (Lipinski definition) is 5. The predicted octanol–water partition coefficient (Wildman–Crippen LogP) is -1.67. The van der Waals surface area contributed by atoms with E-state index in [1.165, 1.54) is 0 Å². The number of aliphatic carboxylic acids is 1. The first-order valence-electron chi connectivity index (χ1n) is 3.31. The van der Waals surface area contributed by atoms with Crippen LogP contribution in [0.25, 0.3) is 0 Å². The quantitative estimate of drug-likeness (QED) is 0.339. The summed E-state index contributed by atoms with van der Waals surface area (Å²) < 4.78 is -1.77. The van der Waals surface area contributed by atoms with Crippen molar-refractivity contribution in [1.82, 2.24) is 0 Å². The minimum absolute atomic E-state index is 0.535. The third-order valence-electron chi connectivity index (χ3n) is 1.73. The zero-order valence-electron chi connectivity index (χ0n) is 6.34. The molecule has 0 rings (SSSR count). The van der Waals surface area contributed by atoms with Crippen molar-refractivity contribution in [3.63, 3.8) is 0 Å². The molecule has 6 heteroatoms. The van der Waals surface area contributed by atoms with Crippen molar-refractivity contribution in [2.75, 3.05) is 19.8 Å². The number of thiol groups is 1. The van der Waals surface area contributed by atoms with Crippen molar-refractivity contribution in [3.05, 3.63) is 0 Å². The summed E-state index contributed by atoms with van der Waals surface area (Å²) in [4.78, 5) is 10.6. The van der Waals surface area contributed by atoms with Gasteiger partial charge in [0.05, 0.1) is 19.8 Å². The molecule has 0 aromatic heterocycles. The van der Waals surface area contributed by atoms with Gasteiger partial charge in [-0.05, 0) is 0 Å². The molecule has 0 aliphatic rings. The van der Waals surface area contributed by atoms with E-state index in [0.29, 0.717) is 0 Å². The smallest absolute Gasteiger partial charge is 0.322 e. The Morgan fingerprint density at radius 3 is 1.83 bits per heavy atom. The molecule has 5 nitrogen and oxygen atoms in total. The molecule has 0 aliphatic heterocycles. The fraction of sp³-hybridized carbons (Fsp3) is 0.833. The summed E-state index contributed by atoms with van der Waals surface area (Å²) in [5.41, 5.74) is 0. The standard InChI is InChI=1S/C6H12O5S/c7-1-4(2-8)6(12,3-9)5(10)11/h4,7-9,12H,1-3H2,(H,10,11). The van der Waals surface area contributed by atoms with Gasteiger partial charge in [0.1, 0.15) is 4.75 Å². The van der Waals surface area contributed by atoms with E-state index < -0.39 is 36.5 Å². The molecular weight excluding hydrogens is 184 g/mol. The minimum Gasteiger partial charge on any atom is -0.480 e. The van der Waals surface area contributed by atoms with Gasteiger partial charge in [0, 0.05) is 5.92 Å². The van der Waals surface area contributed by atoms with Gasteiger partial charge in [0.25, 0.3) is 0 Å². The monoisotopic (exact) mass is 196 g/mol. The van der Waals surface area contributed by atoms with Crippen molar-refractivity contribution in [3.8, 4) is 0 Å². The molecule has 0 aromatic carbocycles. The predicted molar refractivity (Wildman–Crippen MR) is 44.1 cm³/mol. The summed E-state index contributed by atoms with van der Waals surface area (Å²) in [7, 11) is 0. The van der Waals surface area contributed by atoms with Crippen LogP contribution in [-0.2, 0) is 4.79 Å². The minimum atomic E-state index is -1.77. The molecule has 12 heavy (non-hydrogen) atoms. The summed E-state index contributed by atoms with van der Waals surface area (Å²) in [6.07, 6.45) is 0. The molecule has 4 N–H and O–H groups in total. The number of carbonyl (C=O) groups is 1. The van der Waals surface area contributed by atoms with Crippen molar-refractivity contribution in [1.29, 1.82) is 0 Å². The van der Waals surface area contributed by atoms with Crippen LogP contribution in [0.15, 0.2) is 0 Å². The fourth-order valence-corrected chi connectivity index (χ4v) is 0.894. The summed E-state index contributed by atoms with van der Waals surface area (Å²) in [6.45, 7) is -1.81. The number of hydrogen-bond acceptors (Lipinski definition) is 5. The van der Waals surface area contributed by atoms with Gasteiger partial charge >= 0.3 is 5.97 Å². The Morgan fingerprint density at radius 2 is 1.75 bits per heavy atom. The Hall–Kier alpha value is -0.300. The highest BCUT2D eigenvalue weighted by Gasteiger charge is 2.41. The molecule has 0 spiro atoms. The van der Waals surface area contributed by atoms with Gasteiger partial charge in [-0.3, -0.25) is 4.79 Å². The highest BCUT2D eigenvalue weighted by atomic mass is 32.1. The zero-order valence-corrected chi connectivity index (χ0v) is 7.24. The molecule has 0 aromatic rings. The number of aliphatic hydroxyl groups excluding tert-OH is 3. The second-order valence-corrected chi connectivity index (χ2v) is 3.25. The van der Waals surface area contributed by atoms with Gasteiger partial charge in [0.2, 0.25) is 0 Å². The first-order valence-corrected chi connectivity index (χ1v) is 3.76. The van der Waals surface area contributed by atoms with E-state index in [2.05, 4.69) is 12.6 Å². The lowest BCUT2D eigenvalue weighted by Gasteiger charge is -2.28. The van der Waals surface area contributed by atoms with Crippen LogP contribution in [0.2, 0.25) is 0 Å². The molecule has 1 atom stereocenters. The molecule has 0 amide bonds. The van der Waals surface area contributed by atoms with E-state index in [-0.39, 0.29) is 0 Å². The van der Waals surface area contributed by atoms with E-state index in [9.17, 15) is 4.79 Å². The topological polar surface area (TPSA) is 98.0 Å². The lowest BCUT2D eigenvalue weighted by molar-refractivity contribution is -0.144. The number of aliphatic hydroxyl groups is 3. The maximum absolute atomic E-state index is 10.6. The Balaban J connectivity index is 4.58. The molecule has 0 fully saturated rings. The SMILES string of the molecule is O=C(O)C(S)(CO)C(CO)CO. The largest absolute Gasteiger partial charge is 0.480 e. The average molecular weight is 196 g/mol. The van der Waals surface area contributed by atoms with Crippen LogP contribution in [0.4, 0.5) is 0 Å². The van der Waals surface area contributed by atoms with Gasteiger partial charge < -0.3 is 20.4 Å². The summed E-state index contributed by atoms with van der Waals surface area (Å²) in [6, 6.07) is 0. The van der Waals surface area contributed by atoms with Crippen molar-refractivity contribution in [2.24, 2.45) is 5.92 Å².